The molecule has 1 aromatic rings. The van der Waals surface area contributed by atoms with Gasteiger partial charge in [-0.3, -0.25) is 0 Å². The number of esters is 2. The van der Waals surface area contributed by atoms with Gasteiger partial charge in [0, 0.05) is 25.0 Å². The van der Waals surface area contributed by atoms with Crippen molar-refractivity contribution < 1.29 is 24.2 Å². The van der Waals surface area contributed by atoms with Crippen LogP contribution in [0.3, 0.4) is 0 Å². The van der Waals surface area contributed by atoms with Crippen LogP contribution in [0.5, 0.6) is 0 Å². The quantitative estimate of drug-likeness (QED) is 0.568. The summed E-state index contributed by atoms with van der Waals surface area (Å²) in [7, 11) is 4.30. The molecule has 2 N–H and O–H groups in total. The monoisotopic (exact) mass is 308 g/mol. The SMILES string of the molecule is COC(=O)/C=C(/Nc1ccc(N(C)CCO)cc1)C(=O)OC. The molecule has 0 amide bonds. The van der Waals surface area contributed by atoms with Crippen molar-refractivity contribution in [2.45, 2.75) is 0 Å². The van der Waals surface area contributed by atoms with E-state index in [0.29, 0.717) is 12.2 Å². The van der Waals surface area contributed by atoms with Crippen LogP contribution in [-0.4, -0.2) is 51.5 Å². The molecule has 0 saturated heterocycles. The van der Waals surface area contributed by atoms with Gasteiger partial charge in [0.15, 0.2) is 0 Å². The highest BCUT2D eigenvalue weighted by molar-refractivity contribution is 5.98. The molecule has 0 aliphatic rings. The van der Waals surface area contributed by atoms with Crippen molar-refractivity contribution in [2.24, 2.45) is 0 Å². The number of aliphatic hydroxyl groups excluding tert-OH is 1. The summed E-state index contributed by atoms with van der Waals surface area (Å²) in [6.07, 6.45) is 1.03. The van der Waals surface area contributed by atoms with Crippen molar-refractivity contribution in [1.82, 2.24) is 0 Å². The van der Waals surface area contributed by atoms with Crippen LogP contribution < -0.4 is 10.2 Å². The van der Waals surface area contributed by atoms with Crippen molar-refractivity contribution in [3.8, 4) is 0 Å². The number of anilines is 2. The Balaban J connectivity index is 2.88. The van der Waals surface area contributed by atoms with Gasteiger partial charge in [-0.1, -0.05) is 0 Å². The Morgan fingerprint density at radius 2 is 1.86 bits per heavy atom. The van der Waals surface area contributed by atoms with Crippen LogP contribution in [0.15, 0.2) is 36.0 Å². The van der Waals surface area contributed by atoms with E-state index in [0.717, 1.165) is 11.8 Å². The van der Waals surface area contributed by atoms with Gasteiger partial charge in [0.25, 0.3) is 0 Å². The van der Waals surface area contributed by atoms with Gasteiger partial charge in [-0.25, -0.2) is 9.59 Å². The lowest BCUT2D eigenvalue weighted by Gasteiger charge is -2.18. The Kier molecular flexibility index (Phi) is 6.91. The van der Waals surface area contributed by atoms with Gasteiger partial charge in [0.2, 0.25) is 0 Å². The normalized spacial score (nSPS) is 10.8. The van der Waals surface area contributed by atoms with Gasteiger partial charge in [-0.2, -0.15) is 0 Å². The highest BCUT2D eigenvalue weighted by Crippen LogP contribution is 2.18. The van der Waals surface area contributed by atoms with Crippen molar-refractivity contribution in [3.05, 3.63) is 36.0 Å². The first-order chi connectivity index (χ1) is 10.5. The fourth-order valence-corrected chi connectivity index (χ4v) is 1.67. The van der Waals surface area contributed by atoms with Crippen LogP contribution in [0.25, 0.3) is 0 Å². The summed E-state index contributed by atoms with van der Waals surface area (Å²) in [5.41, 5.74) is 1.50. The number of nitrogens with one attached hydrogen (secondary N) is 1. The largest absolute Gasteiger partial charge is 0.466 e. The lowest BCUT2D eigenvalue weighted by Crippen LogP contribution is -2.21. The van der Waals surface area contributed by atoms with Crippen LogP contribution in [0, 0.1) is 0 Å². The van der Waals surface area contributed by atoms with E-state index >= 15 is 0 Å². The third kappa shape index (κ3) is 5.10. The predicted octanol–water partition coefficient (Wildman–Crippen LogP) is 0.757. The molecule has 7 nitrogen and oxygen atoms in total. The topological polar surface area (TPSA) is 88.1 Å². The maximum Gasteiger partial charge on any atom is 0.354 e. The van der Waals surface area contributed by atoms with Gasteiger partial charge >= 0.3 is 11.9 Å². The zero-order valence-corrected chi connectivity index (χ0v) is 12.8. The van der Waals surface area contributed by atoms with Crippen LogP contribution in [0.2, 0.25) is 0 Å². The van der Waals surface area contributed by atoms with Crippen LogP contribution in [-0.2, 0) is 19.1 Å². The second kappa shape index (κ2) is 8.68. The van der Waals surface area contributed by atoms with Crippen LogP contribution >= 0.6 is 0 Å². The van der Waals surface area contributed by atoms with E-state index in [1.165, 1.54) is 14.2 Å². The number of carbonyl (C=O) groups is 2. The van der Waals surface area contributed by atoms with E-state index in [2.05, 4.69) is 14.8 Å². The van der Waals surface area contributed by atoms with E-state index in [9.17, 15) is 9.59 Å². The molecule has 0 aliphatic carbocycles. The maximum atomic E-state index is 11.6. The van der Waals surface area contributed by atoms with Crippen molar-refractivity contribution >= 4 is 23.3 Å². The summed E-state index contributed by atoms with van der Waals surface area (Å²) in [6, 6.07) is 7.14. The molecule has 0 fully saturated rings. The van der Waals surface area contributed by atoms with Gasteiger partial charge in [-0.15, -0.1) is 0 Å². The summed E-state index contributed by atoms with van der Waals surface area (Å²) in [6.45, 7) is 0.577. The van der Waals surface area contributed by atoms with Crippen molar-refractivity contribution in [3.63, 3.8) is 0 Å². The second-order valence-electron chi connectivity index (χ2n) is 4.39. The van der Waals surface area contributed by atoms with Gasteiger partial charge in [0.05, 0.1) is 26.9 Å². The fraction of sp³-hybridized carbons (Fsp3) is 0.333. The molecule has 1 aromatic carbocycles. The molecular weight excluding hydrogens is 288 g/mol. The molecule has 0 heterocycles. The van der Waals surface area contributed by atoms with E-state index in [4.69, 9.17) is 5.11 Å². The summed E-state index contributed by atoms with van der Waals surface area (Å²) in [5.74, 6) is -1.33. The predicted molar refractivity (Wildman–Crippen MR) is 82.5 cm³/mol. The number of likely N-dealkylation sites (N-methyl/N-ethyl adjacent to an activating group) is 1. The van der Waals surface area contributed by atoms with E-state index in [1.54, 1.807) is 12.1 Å². The molecule has 0 aromatic heterocycles. The van der Waals surface area contributed by atoms with E-state index in [1.807, 2.05) is 24.1 Å². The molecule has 22 heavy (non-hydrogen) atoms. The third-order valence-electron chi connectivity index (χ3n) is 2.89. The van der Waals surface area contributed by atoms with Gasteiger partial charge in [0.1, 0.15) is 5.70 Å². The van der Waals surface area contributed by atoms with Crippen LogP contribution in [0.1, 0.15) is 0 Å². The first-order valence-electron chi connectivity index (χ1n) is 6.58. The highest BCUT2D eigenvalue weighted by Gasteiger charge is 2.12. The molecule has 0 atom stereocenters. The Morgan fingerprint density at radius 3 is 2.36 bits per heavy atom. The van der Waals surface area contributed by atoms with Crippen molar-refractivity contribution in [1.29, 1.82) is 0 Å². The smallest absolute Gasteiger partial charge is 0.354 e. The number of ether oxygens (including phenoxy) is 2. The first-order valence-corrected chi connectivity index (χ1v) is 6.58. The minimum atomic E-state index is -0.674. The summed E-state index contributed by atoms with van der Waals surface area (Å²) in [5, 5.41) is 11.7. The summed E-state index contributed by atoms with van der Waals surface area (Å²) in [4.78, 5) is 24.8. The Hall–Kier alpha value is -2.54. The molecule has 0 spiro atoms. The number of hydrogen-bond acceptors (Lipinski definition) is 7. The lowest BCUT2D eigenvalue weighted by atomic mass is 10.2. The average molecular weight is 308 g/mol. The lowest BCUT2D eigenvalue weighted by molar-refractivity contribution is -0.138. The fourth-order valence-electron chi connectivity index (χ4n) is 1.67. The zero-order chi connectivity index (χ0) is 16.5. The molecule has 7 heteroatoms. The number of carbonyl (C=O) groups excluding carboxylic acids is 2. The Labute approximate surface area is 129 Å². The van der Waals surface area contributed by atoms with Gasteiger partial charge in [-0.05, 0) is 24.3 Å². The number of hydrogen-bond donors (Lipinski definition) is 2. The number of methoxy groups -OCH3 is 2. The summed E-state index contributed by atoms with van der Waals surface area (Å²) >= 11 is 0. The minimum Gasteiger partial charge on any atom is -0.466 e. The second-order valence-corrected chi connectivity index (χ2v) is 4.39. The zero-order valence-electron chi connectivity index (χ0n) is 12.8. The number of rotatable bonds is 7. The molecule has 1 rings (SSSR count). The minimum absolute atomic E-state index is 0.0224. The standard InChI is InChI=1S/C15H20N2O5/c1-17(8-9-18)12-6-4-11(5-7-12)16-13(15(20)22-3)10-14(19)21-2/h4-7,10,16,18H,8-9H2,1-3H3/b13-10+. The van der Waals surface area contributed by atoms with E-state index < -0.39 is 11.9 Å². The molecule has 120 valence electrons. The molecule has 0 aliphatic heterocycles. The third-order valence-corrected chi connectivity index (χ3v) is 2.89. The molecule has 0 saturated carbocycles. The molecule has 0 bridgehead atoms. The molecular formula is C15H20N2O5. The summed E-state index contributed by atoms with van der Waals surface area (Å²) < 4.78 is 9.11. The number of nitrogens with zero attached hydrogens (tertiary/aromatic N) is 1. The molecule has 0 radical (unpaired) electrons. The molecule has 0 unspecified atom stereocenters. The first kappa shape index (κ1) is 17.5. The Morgan fingerprint density at radius 1 is 1.23 bits per heavy atom. The average Bonchev–Trinajstić information content (AvgIpc) is 2.54. The highest BCUT2D eigenvalue weighted by atomic mass is 16.5. The van der Waals surface area contributed by atoms with Gasteiger partial charge < -0.3 is 24.8 Å². The Bertz CT molecular complexity index is 539. The van der Waals surface area contributed by atoms with Crippen LogP contribution in [0.4, 0.5) is 11.4 Å². The van der Waals surface area contributed by atoms with E-state index in [-0.39, 0.29) is 12.3 Å². The maximum absolute atomic E-state index is 11.6. The van der Waals surface area contributed by atoms with Crippen molar-refractivity contribution in [2.75, 3.05) is 44.6 Å². The number of aliphatic hydroxyl groups is 1. The number of benzene rings is 1.